The molecule has 0 spiro atoms. The second-order valence-corrected chi connectivity index (χ2v) is 7.85. The summed E-state index contributed by atoms with van der Waals surface area (Å²) in [7, 11) is 0. The number of rotatable bonds is 3. The van der Waals surface area contributed by atoms with Crippen LogP contribution in [0.5, 0.6) is 0 Å². The highest BCUT2D eigenvalue weighted by Gasteiger charge is 2.34. The molecule has 0 aromatic heterocycles. The zero-order valence-electron chi connectivity index (χ0n) is 14.7. The molecular formula is C19H28N2O2. The van der Waals surface area contributed by atoms with E-state index in [9.17, 15) is 4.79 Å². The van der Waals surface area contributed by atoms with E-state index in [1.165, 1.54) is 36.0 Å². The van der Waals surface area contributed by atoms with Crippen LogP contribution in [0.3, 0.4) is 0 Å². The molecule has 1 aliphatic heterocycles. The third kappa shape index (κ3) is 3.86. The average molecular weight is 316 g/mol. The summed E-state index contributed by atoms with van der Waals surface area (Å²) in [5, 5.41) is 3.62. The maximum absolute atomic E-state index is 11.9. The SMILES string of the molecule is CC(NC1CN(C(=O)OC(C)(C)C)C1)c1ccc2c(c1)CCC2. The first kappa shape index (κ1) is 16.3. The van der Waals surface area contributed by atoms with Gasteiger partial charge in [-0.3, -0.25) is 0 Å². The standard InChI is InChI=1S/C19H28N2O2/c1-13(15-9-8-14-6-5-7-16(14)10-15)20-17-11-21(12-17)18(22)23-19(2,3)4/h8-10,13,17,20H,5-7,11-12H2,1-4H3. The van der Waals surface area contributed by atoms with Gasteiger partial charge in [-0.15, -0.1) is 0 Å². The predicted octanol–water partition coefficient (Wildman–Crippen LogP) is 3.45. The molecule has 1 heterocycles. The minimum absolute atomic E-state index is 0.208. The van der Waals surface area contributed by atoms with Gasteiger partial charge in [0.1, 0.15) is 5.60 Å². The molecule has 4 nitrogen and oxygen atoms in total. The minimum atomic E-state index is -0.423. The number of hydrogen-bond acceptors (Lipinski definition) is 3. The monoisotopic (exact) mass is 316 g/mol. The zero-order valence-corrected chi connectivity index (χ0v) is 14.7. The van der Waals surface area contributed by atoms with Crippen molar-refractivity contribution < 1.29 is 9.53 Å². The lowest BCUT2D eigenvalue weighted by Gasteiger charge is -2.41. The summed E-state index contributed by atoms with van der Waals surface area (Å²) in [6.45, 7) is 9.35. The number of amides is 1. The van der Waals surface area contributed by atoms with Crippen LogP contribution in [-0.2, 0) is 17.6 Å². The van der Waals surface area contributed by atoms with Gasteiger partial charge in [0, 0.05) is 25.2 Å². The van der Waals surface area contributed by atoms with Crippen molar-refractivity contribution in [2.45, 2.75) is 64.6 Å². The van der Waals surface area contributed by atoms with Crippen LogP contribution in [0.4, 0.5) is 4.79 Å². The Morgan fingerprint density at radius 3 is 2.65 bits per heavy atom. The normalized spacial score (nSPS) is 19.2. The molecule has 1 atom stereocenters. The summed E-state index contributed by atoms with van der Waals surface area (Å²) in [6.07, 6.45) is 3.52. The summed E-state index contributed by atoms with van der Waals surface area (Å²) in [5.74, 6) is 0. The Morgan fingerprint density at radius 2 is 1.96 bits per heavy atom. The van der Waals surface area contributed by atoms with Crippen LogP contribution in [0.15, 0.2) is 18.2 Å². The van der Waals surface area contributed by atoms with Crippen molar-refractivity contribution in [1.82, 2.24) is 10.2 Å². The highest BCUT2D eigenvalue weighted by molar-refractivity contribution is 5.69. The molecule has 4 heteroatoms. The van der Waals surface area contributed by atoms with Gasteiger partial charge in [0.05, 0.1) is 0 Å². The molecular weight excluding hydrogens is 288 g/mol. The number of aryl methyl sites for hydroxylation is 2. The highest BCUT2D eigenvalue weighted by Crippen LogP contribution is 2.26. The maximum atomic E-state index is 11.9. The average Bonchev–Trinajstić information content (AvgIpc) is 2.87. The summed E-state index contributed by atoms with van der Waals surface area (Å²) < 4.78 is 5.39. The summed E-state index contributed by atoms with van der Waals surface area (Å²) in [4.78, 5) is 13.7. The van der Waals surface area contributed by atoms with Crippen molar-refractivity contribution >= 4 is 6.09 Å². The molecule has 0 saturated carbocycles. The van der Waals surface area contributed by atoms with E-state index in [1.54, 1.807) is 4.90 Å². The molecule has 2 aliphatic rings. The van der Waals surface area contributed by atoms with Crippen molar-refractivity contribution in [2.24, 2.45) is 0 Å². The molecule has 1 amide bonds. The van der Waals surface area contributed by atoms with E-state index < -0.39 is 5.60 Å². The molecule has 1 unspecified atom stereocenters. The van der Waals surface area contributed by atoms with Crippen molar-refractivity contribution in [1.29, 1.82) is 0 Å². The predicted molar refractivity (Wildman–Crippen MR) is 91.6 cm³/mol. The molecule has 0 radical (unpaired) electrons. The third-order valence-corrected chi connectivity index (χ3v) is 4.64. The molecule has 1 aliphatic carbocycles. The number of carbonyl (C=O) groups excluding carboxylic acids is 1. The van der Waals surface area contributed by atoms with Gasteiger partial charge in [-0.1, -0.05) is 18.2 Å². The number of likely N-dealkylation sites (tertiary alicyclic amines) is 1. The fraction of sp³-hybridized carbons (Fsp3) is 0.632. The second kappa shape index (κ2) is 6.16. The van der Waals surface area contributed by atoms with Crippen LogP contribution >= 0.6 is 0 Å². The molecule has 1 saturated heterocycles. The van der Waals surface area contributed by atoms with E-state index in [0.717, 1.165) is 13.1 Å². The Bertz CT molecular complexity index is 586. The first-order chi connectivity index (χ1) is 10.8. The van der Waals surface area contributed by atoms with Crippen LogP contribution in [0.2, 0.25) is 0 Å². The quantitative estimate of drug-likeness (QED) is 0.928. The summed E-state index contributed by atoms with van der Waals surface area (Å²) in [6, 6.07) is 7.54. The van der Waals surface area contributed by atoms with E-state index in [2.05, 4.69) is 30.4 Å². The van der Waals surface area contributed by atoms with Gasteiger partial charge in [-0.05, 0) is 63.6 Å². The first-order valence-electron chi connectivity index (χ1n) is 8.67. The van der Waals surface area contributed by atoms with Gasteiger partial charge >= 0.3 is 6.09 Å². The topological polar surface area (TPSA) is 41.6 Å². The number of benzene rings is 1. The minimum Gasteiger partial charge on any atom is -0.444 e. The van der Waals surface area contributed by atoms with E-state index >= 15 is 0 Å². The maximum Gasteiger partial charge on any atom is 0.410 e. The lowest BCUT2D eigenvalue weighted by atomic mass is 10.0. The van der Waals surface area contributed by atoms with Crippen molar-refractivity contribution in [3.05, 3.63) is 34.9 Å². The highest BCUT2D eigenvalue weighted by atomic mass is 16.6. The molecule has 1 fully saturated rings. The number of nitrogens with zero attached hydrogens (tertiary/aromatic N) is 1. The number of carbonyl (C=O) groups is 1. The number of fused-ring (bicyclic) bond motifs is 1. The Kier molecular flexibility index (Phi) is 4.37. The van der Waals surface area contributed by atoms with Crippen molar-refractivity contribution in [3.8, 4) is 0 Å². The van der Waals surface area contributed by atoms with E-state index in [-0.39, 0.29) is 6.09 Å². The van der Waals surface area contributed by atoms with Gasteiger partial charge in [0.2, 0.25) is 0 Å². The van der Waals surface area contributed by atoms with Crippen LogP contribution in [0.25, 0.3) is 0 Å². The molecule has 23 heavy (non-hydrogen) atoms. The van der Waals surface area contributed by atoms with Crippen LogP contribution in [0, 0.1) is 0 Å². The lowest BCUT2D eigenvalue weighted by molar-refractivity contribution is 0.00434. The van der Waals surface area contributed by atoms with Gasteiger partial charge in [0.25, 0.3) is 0 Å². The van der Waals surface area contributed by atoms with E-state index in [4.69, 9.17) is 4.74 Å². The van der Waals surface area contributed by atoms with Crippen LogP contribution in [0.1, 0.15) is 56.8 Å². The third-order valence-electron chi connectivity index (χ3n) is 4.64. The molecule has 1 N–H and O–H groups in total. The fourth-order valence-corrected chi connectivity index (χ4v) is 3.37. The molecule has 126 valence electrons. The number of nitrogens with one attached hydrogen (secondary N) is 1. The lowest BCUT2D eigenvalue weighted by Crippen LogP contribution is -2.60. The van der Waals surface area contributed by atoms with Gasteiger partial charge < -0.3 is 15.0 Å². The molecule has 3 rings (SSSR count). The fourth-order valence-electron chi connectivity index (χ4n) is 3.37. The Hall–Kier alpha value is -1.55. The number of ether oxygens (including phenoxy) is 1. The van der Waals surface area contributed by atoms with Gasteiger partial charge in [0.15, 0.2) is 0 Å². The zero-order chi connectivity index (χ0) is 16.6. The van der Waals surface area contributed by atoms with Crippen molar-refractivity contribution in [3.63, 3.8) is 0 Å². The first-order valence-corrected chi connectivity index (χ1v) is 8.67. The smallest absolute Gasteiger partial charge is 0.410 e. The molecule has 1 aromatic carbocycles. The second-order valence-electron chi connectivity index (χ2n) is 7.85. The summed E-state index contributed by atoms with van der Waals surface area (Å²) in [5.41, 5.74) is 3.95. The van der Waals surface area contributed by atoms with E-state index in [1.807, 2.05) is 20.8 Å². The Balaban J connectivity index is 1.49. The van der Waals surface area contributed by atoms with Crippen LogP contribution in [-0.4, -0.2) is 35.7 Å². The van der Waals surface area contributed by atoms with E-state index in [0.29, 0.717) is 12.1 Å². The summed E-state index contributed by atoms with van der Waals surface area (Å²) >= 11 is 0. The van der Waals surface area contributed by atoms with Gasteiger partial charge in [-0.2, -0.15) is 0 Å². The Labute approximate surface area is 139 Å². The van der Waals surface area contributed by atoms with Gasteiger partial charge in [-0.25, -0.2) is 4.79 Å². The number of hydrogen-bond donors (Lipinski definition) is 1. The van der Waals surface area contributed by atoms with Crippen LogP contribution < -0.4 is 5.32 Å². The molecule has 1 aromatic rings. The van der Waals surface area contributed by atoms with Crippen molar-refractivity contribution in [2.75, 3.05) is 13.1 Å². The molecule has 0 bridgehead atoms. The largest absolute Gasteiger partial charge is 0.444 e. The Morgan fingerprint density at radius 1 is 1.26 bits per heavy atom.